The highest BCUT2D eigenvalue weighted by atomic mass is 35.5. The van der Waals surface area contributed by atoms with Crippen LogP contribution in [0.3, 0.4) is 0 Å². The highest BCUT2D eigenvalue weighted by molar-refractivity contribution is 6.33. The van der Waals surface area contributed by atoms with E-state index in [2.05, 4.69) is 5.43 Å². The summed E-state index contributed by atoms with van der Waals surface area (Å²) in [5, 5.41) is 12.9. The number of nitro benzene ring substituents is 1. The number of nitrogens with zero attached hydrogens (tertiary/aromatic N) is 2. The minimum absolute atomic E-state index is 0.121. The predicted molar refractivity (Wildman–Crippen MR) is 80.2 cm³/mol. The van der Waals surface area contributed by atoms with Gasteiger partial charge in [0.2, 0.25) is 0 Å². The number of rotatable bonds is 3. The van der Waals surface area contributed by atoms with Gasteiger partial charge in [0.15, 0.2) is 0 Å². The second-order valence-electron chi connectivity index (χ2n) is 5.40. The van der Waals surface area contributed by atoms with Gasteiger partial charge in [0, 0.05) is 24.2 Å². The number of hydrogen-bond donors (Lipinski definition) is 1. The van der Waals surface area contributed by atoms with Crippen molar-refractivity contribution in [1.82, 2.24) is 10.4 Å². The van der Waals surface area contributed by atoms with Gasteiger partial charge in [0.25, 0.3) is 11.6 Å². The van der Waals surface area contributed by atoms with E-state index in [-0.39, 0.29) is 28.4 Å². The number of halogens is 1. The molecule has 1 fully saturated rings. The summed E-state index contributed by atoms with van der Waals surface area (Å²) in [6, 6.07) is 4.32. The van der Waals surface area contributed by atoms with Crippen LogP contribution in [0.15, 0.2) is 18.2 Å². The van der Waals surface area contributed by atoms with Gasteiger partial charge in [-0.3, -0.25) is 20.3 Å². The molecule has 1 amide bonds. The van der Waals surface area contributed by atoms with Crippen molar-refractivity contribution in [1.29, 1.82) is 0 Å². The standard InChI is InChI=1S/C14H18ClN3O3/c1-9-4-3-5-10(2)17(9)16-14(19)12-8-11(18(20)21)6-7-13(12)15/h6-10H,3-5H2,1-2H3,(H,16,19). The molecule has 1 aromatic carbocycles. The Morgan fingerprint density at radius 3 is 2.57 bits per heavy atom. The topological polar surface area (TPSA) is 75.5 Å². The Morgan fingerprint density at radius 2 is 2.00 bits per heavy atom. The highest BCUT2D eigenvalue weighted by Gasteiger charge is 2.27. The van der Waals surface area contributed by atoms with E-state index in [0.29, 0.717) is 0 Å². The molecule has 0 spiro atoms. The van der Waals surface area contributed by atoms with E-state index in [0.717, 1.165) is 19.3 Å². The third kappa shape index (κ3) is 3.51. The Kier molecular flexibility index (Phi) is 4.80. The van der Waals surface area contributed by atoms with Crippen molar-refractivity contribution >= 4 is 23.2 Å². The lowest BCUT2D eigenvalue weighted by Gasteiger charge is -2.38. The van der Waals surface area contributed by atoms with Gasteiger partial charge in [-0.2, -0.15) is 0 Å². The first-order valence-electron chi connectivity index (χ1n) is 6.93. The van der Waals surface area contributed by atoms with Crippen LogP contribution in [0.2, 0.25) is 5.02 Å². The fourth-order valence-electron chi connectivity index (χ4n) is 2.62. The minimum atomic E-state index is -0.542. The first kappa shape index (κ1) is 15.7. The number of benzene rings is 1. The van der Waals surface area contributed by atoms with E-state index < -0.39 is 10.8 Å². The van der Waals surface area contributed by atoms with Gasteiger partial charge in [0.1, 0.15) is 0 Å². The largest absolute Gasteiger partial charge is 0.284 e. The second kappa shape index (κ2) is 6.41. The molecule has 0 aliphatic carbocycles. The Morgan fingerprint density at radius 1 is 1.38 bits per heavy atom. The van der Waals surface area contributed by atoms with E-state index in [1.807, 2.05) is 18.9 Å². The van der Waals surface area contributed by atoms with E-state index in [9.17, 15) is 14.9 Å². The Hall–Kier alpha value is -1.66. The molecule has 2 rings (SSSR count). The fourth-order valence-corrected chi connectivity index (χ4v) is 2.82. The summed E-state index contributed by atoms with van der Waals surface area (Å²) in [5.74, 6) is -0.413. The number of amides is 1. The molecule has 1 N–H and O–H groups in total. The van der Waals surface area contributed by atoms with Crippen LogP contribution < -0.4 is 5.43 Å². The van der Waals surface area contributed by atoms with Crippen molar-refractivity contribution < 1.29 is 9.72 Å². The maximum atomic E-state index is 12.3. The van der Waals surface area contributed by atoms with Crippen molar-refractivity contribution in [3.8, 4) is 0 Å². The average molecular weight is 312 g/mol. The fraction of sp³-hybridized carbons (Fsp3) is 0.500. The van der Waals surface area contributed by atoms with Crippen LogP contribution in [0.25, 0.3) is 0 Å². The molecular formula is C14H18ClN3O3. The Balaban J connectivity index is 2.20. The van der Waals surface area contributed by atoms with Crippen molar-refractivity contribution in [2.75, 3.05) is 0 Å². The molecule has 21 heavy (non-hydrogen) atoms. The first-order valence-corrected chi connectivity index (χ1v) is 7.31. The molecule has 7 heteroatoms. The van der Waals surface area contributed by atoms with Crippen molar-refractivity contribution in [3.63, 3.8) is 0 Å². The summed E-state index contributed by atoms with van der Waals surface area (Å²) >= 11 is 5.98. The summed E-state index contributed by atoms with van der Waals surface area (Å²) < 4.78 is 0. The number of carbonyl (C=O) groups is 1. The molecule has 0 aromatic heterocycles. The number of non-ortho nitro benzene ring substituents is 1. The van der Waals surface area contributed by atoms with Gasteiger partial charge < -0.3 is 0 Å². The lowest BCUT2D eigenvalue weighted by molar-refractivity contribution is -0.384. The molecule has 114 valence electrons. The molecule has 2 unspecified atom stereocenters. The van der Waals surface area contributed by atoms with Gasteiger partial charge >= 0.3 is 0 Å². The van der Waals surface area contributed by atoms with Crippen LogP contribution in [0.1, 0.15) is 43.5 Å². The lowest BCUT2D eigenvalue weighted by Crippen LogP contribution is -2.54. The molecular weight excluding hydrogens is 294 g/mol. The third-order valence-electron chi connectivity index (χ3n) is 3.83. The molecule has 6 nitrogen and oxygen atoms in total. The van der Waals surface area contributed by atoms with Crippen LogP contribution in [-0.4, -0.2) is 27.9 Å². The predicted octanol–water partition coefficient (Wildman–Crippen LogP) is 3.16. The Bertz CT molecular complexity index is 554. The zero-order valence-electron chi connectivity index (χ0n) is 12.0. The number of hydrazine groups is 1. The monoisotopic (exact) mass is 311 g/mol. The van der Waals surface area contributed by atoms with Crippen LogP contribution >= 0.6 is 11.6 Å². The summed E-state index contributed by atoms with van der Waals surface area (Å²) in [6.07, 6.45) is 3.15. The molecule has 1 aromatic rings. The van der Waals surface area contributed by atoms with Gasteiger partial charge in [-0.05, 0) is 32.8 Å². The van der Waals surface area contributed by atoms with Crippen molar-refractivity contribution in [2.24, 2.45) is 0 Å². The minimum Gasteiger partial charge on any atom is -0.284 e. The van der Waals surface area contributed by atoms with Crippen LogP contribution in [0, 0.1) is 10.1 Å². The molecule has 1 saturated heterocycles. The normalized spacial score (nSPS) is 22.8. The van der Waals surface area contributed by atoms with Gasteiger partial charge in [-0.1, -0.05) is 18.0 Å². The van der Waals surface area contributed by atoms with E-state index in [1.54, 1.807) is 0 Å². The number of piperidine rings is 1. The molecule has 0 saturated carbocycles. The summed E-state index contributed by atoms with van der Waals surface area (Å²) in [5.41, 5.74) is 2.80. The van der Waals surface area contributed by atoms with Crippen LogP contribution in [0.5, 0.6) is 0 Å². The van der Waals surface area contributed by atoms with Crippen LogP contribution in [-0.2, 0) is 0 Å². The average Bonchev–Trinajstić information content (AvgIpc) is 2.43. The molecule has 0 bridgehead atoms. The summed E-state index contributed by atoms with van der Waals surface area (Å²) in [4.78, 5) is 22.6. The SMILES string of the molecule is CC1CCCC(C)N1NC(=O)c1cc([N+](=O)[O-])ccc1Cl. The van der Waals surface area contributed by atoms with Gasteiger partial charge in [-0.25, -0.2) is 5.01 Å². The quantitative estimate of drug-likeness (QED) is 0.687. The zero-order chi connectivity index (χ0) is 15.6. The van der Waals surface area contributed by atoms with E-state index >= 15 is 0 Å². The smallest absolute Gasteiger partial charge is 0.270 e. The maximum absolute atomic E-state index is 12.3. The third-order valence-corrected chi connectivity index (χ3v) is 4.16. The molecule has 0 radical (unpaired) electrons. The van der Waals surface area contributed by atoms with E-state index in [1.165, 1.54) is 18.2 Å². The highest BCUT2D eigenvalue weighted by Crippen LogP contribution is 2.24. The number of nitro groups is 1. The van der Waals surface area contributed by atoms with E-state index in [4.69, 9.17) is 11.6 Å². The number of nitrogens with one attached hydrogen (secondary N) is 1. The summed E-state index contributed by atoms with van der Waals surface area (Å²) in [7, 11) is 0. The van der Waals surface area contributed by atoms with Crippen LogP contribution in [0.4, 0.5) is 5.69 Å². The van der Waals surface area contributed by atoms with Crippen molar-refractivity contribution in [3.05, 3.63) is 38.9 Å². The molecule has 1 aliphatic rings. The van der Waals surface area contributed by atoms with Gasteiger partial charge in [-0.15, -0.1) is 0 Å². The lowest BCUT2D eigenvalue weighted by atomic mass is 10.00. The van der Waals surface area contributed by atoms with Gasteiger partial charge in [0.05, 0.1) is 15.5 Å². The molecule has 2 atom stereocenters. The first-order chi connectivity index (χ1) is 9.90. The number of carbonyl (C=O) groups excluding carboxylic acids is 1. The second-order valence-corrected chi connectivity index (χ2v) is 5.81. The zero-order valence-corrected chi connectivity index (χ0v) is 12.8. The van der Waals surface area contributed by atoms with Crippen molar-refractivity contribution in [2.45, 2.75) is 45.2 Å². The number of hydrogen-bond acceptors (Lipinski definition) is 4. The molecule has 1 aliphatic heterocycles. The molecule has 1 heterocycles. The Labute approximate surface area is 128 Å². The maximum Gasteiger partial charge on any atom is 0.270 e. The summed E-state index contributed by atoms with van der Waals surface area (Å²) in [6.45, 7) is 4.09.